The Hall–Kier alpha value is -0.280. The summed E-state index contributed by atoms with van der Waals surface area (Å²) in [7, 11) is 0. The molecular weight excluding hydrogens is 427 g/mol. The number of hydrogen-bond donors (Lipinski definition) is 2. The van der Waals surface area contributed by atoms with Crippen molar-refractivity contribution in [3.8, 4) is 0 Å². The summed E-state index contributed by atoms with van der Waals surface area (Å²) >= 11 is 13.0. The van der Waals surface area contributed by atoms with E-state index in [0.29, 0.717) is 22.5 Å². The van der Waals surface area contributed by atoms with Gasteiger partial charge in [-0.2, -0.15) is 0 Å². The van der Waals surface area contributed by atoms with Crippen LogP contribution in [0.25, 0.3) is 0 Å². The van der Waals surface area contributed by atoms with E-state index in [0.717, 1.165) is 24.2 Å². The molecular formula is C27H42Cl2O2. The number of aliphatic hydroxyl groups is 2. The number of rotatable bonds is 6. The van der Waals surface area contributed by atoms with Crippen LogP contribution in [0.15, 0.2) is 35.5 Å². The van der Waals surface area contributed by atoms with Gasteiger partial charge in [0.1, 0.15) is 0 Å². The molecule has 0 heterocycles. The van der Waals surface area contributed by atoms with E-state index in [1.807, 2.05) is 6.08 Å². The summed E-state index contributed by atoms with van der Waals surface area (Å²) < 4.78 is -1.42. The summed E-state index contributed by atoms with van der Waals surface area (Å²) in [4.78, 5) is 0. The van der Waals surface area contributed by atoms with Crippen LogP contribution in [0.5, 0.6) is 0 Å². The van der Waals surface area contributed by atoms with Gasteiger partial charge in [-0.25, -0.2) is 0 Å². The van der Waals surface area contributed by atoms with Crippen molar-refractivity contribution in [2.45, 2.75) is 102 Å². The third-order valence-electron chi connectivity index (χ3n) is 8.60. The van der Waals surface area contributed by atoms with Gasteiger partial charge in [0.05, 0.1) is 12.2 Å². The SMILES string of the molecule is C=C1/C(=C\C=C2CCC[C@@]3(C)C2CC[C@@H]3[C@H](C)CCCC(C)C)C(Cl)(Cl)[C@@H](O)C[C@H]1O. The fourth-order valence-corrected chi connectivity index (χ4v) is 7.29. The van der Waals surface area contributed by atoms with Crippen LogP contribution in [-0.2, 0) is 0 Å². The Morgan fingerprint density at radius 2 is 1.84 bits per heavy atom. The van der Waals surface area contributed by atoms with Gasteiger partial charge >= 0.3 is 0 Å². The molecule has 0 amide bonds. The molecule has 3 fully saturated rings. The quantitative estimate of drug-likeness (QED) is 0.399. The van der Waals surface area contributed by atoms with Crippen LogP contribution < -0.4 is 0 Å². The van der Waals surface area contributed by atoms with Crippen LogP contribution in [0.4, 0.5) is 0 Å². The molecule has 0 aromatic rings. The summed E-state index contributed by atoms with van der Waals surface area (Å²) in [6.07, 6.45) is 12.6. The van der Waals surface area contributed by atoms with Crippen molar-refractivity contribution >= 4 is 23.2 Å². The molecule has 0 aromatic carbocycles. The summed E-state index contributed by atoms with van der Waals surface area (Å²) in [6.45, 7) is 13.6. The molecule has 3 saturated carbocycles. The van der Waals surface area contributed by atoms with Gasteiger partial charge in [-0.3, -0.25) is 0 Å². The molecule has 2 N–H and O–H groups in total. The van der Waals surface area contributed by atoms with Gasteiger partial charge in [-0.15, -0.1) is 0 Å². The number of hydrogen-bond acceptors (Lipinski definition) is 2. The maximum atomic E-state index is 10.3. The van der Waals surface area contributed by atoms with Gasteiger partial charge in [0.2, 0.25) is 0 Å². The topological polar surface area (TPSA) is 40.5 Å². The Balaban J connectivity index is 1.79. The van der Waals surface area contributed by atoms with Crippen molar-refractivity contribution in [3.05, 3.63) is 35.5 Å². The Morgan fingerprint density at radius 3 is 2.52 bits per heavy atom. The van der Waals surface area contributed by atoms with E-state index in [9.17, 15) is 10.2 Å². The highest BCUT2D eigenvalue weighted by Crippen LogP contribution is 2.60. The minimum Gasteiger partial charge on any atom is -0.390 e. The summed E-state index contributed by atoms with van der Waals surface area (Å²) in [5.41, 5.74) is 2.92. The zero-order valence-electron chi connectivity index (χ0n) is 19.8. The van der Waals surface area contributed by atoms with E-state index >= 15 is 0 Å². The minimum atomic E-state index is -1.42. The number of aliphatic hydroxyl groups excluding tert-OH is 2. The molecule has 0 spiro atoms. The van der Waals surface area contributed by atoms with Gasteiger partial charge in [0, 0.05) is 6.42 Å². The molecule has 0 bridgehead atoms. The van der Waals surface area contributed by atoms with Crippen molar-refractivity contribution in [1.29, 1.82) is 0 Å². The highest BCUT2D eigenvalue weighted by Gasteiger charge is 2.50. The third kappa shape index (κ3) is 5.13. The van der Waals surface area contributed by atoms with Gasteiger partial charge in [-0.1, -0.05) is 94.5 Å². The largest absolute Gasteiger partial charge is 0.390 e. The maximum Gasteiger partial charge on any atom is 0.169 e. The standard InChI is InChI=1S/C27H42Cl2O2/c1-17(2)8-6-9-18(3)21-13-14-23-20(10-7-15-26(21,23)5)11-12-22-19(4)24(30)16-25(31)27(22,28)29/h11-12,17-18,21,23-25,30-31H,4,6-10,13-16H2,1-3,5H3/b20-11?,22-12+/t18-,21-,23?,24-,25+,26-/m1/s1. The molecule has 0 saturated heterocycles. The second-order valence-electron chi connectivity index (χ2n) is 11.1. The molecule has 4 heteroatoms. The molecule has 3 rings (SSSR count). The molecule has 0 radical (unpaired) electrons. The summed E-state index contributed by atoms with van der Waals surface area (Å²) in [5.74, 6) is 2.95. The molecule has 3 aliphatic carbocycles. The van der Waals surface area contributed by atoms with Crippen molar-refractivity contribution < 1.29 is 10.2 Å². The average Bonchev–Trinajstić information content (AvgIpc) is 3.04. The summed E-state index contributed by atoms with van der Waals surface area (Å²) in [5, 5.41) is 20.5. The summed E-state index contributed by atoms with van der Waals surface area (Å²) in [6, 6.07) is 0. The second kappa shape index (κ2) is 9.92. The normalized spacial score (nSPS) is 39.3. The second-order valence-corrected chi connectivity index (χ2v) is 12.5. The lowest BCUT2D eigenvalue weighted by Crippen LogP contribution is -2.43. The Bertz CT molecular complexity index is 723. The zero-order valence-corrected chi connectivity index (χ0v) is 21.4. The van der Waals surface area contributed by atoms with Crippen LogP contribution >= 0.6 is 23.2 Å². The third-order valence-corrected chi connectivity index (χ3v) is 9.51. The molecule has 0 aliphatic heterocycles. The lowest BCUT2D eigenvalue weighted by Gasteiger charge is -2.44. The smallest absolute Gasteiger partial charge is 0.169 e. The molecule has 6 atom stereocenters. The zero-order chi connectivity index (χ0) is 23.0. The van der Waals surface area contributed by atoms with Gasteiger partial charge in [0.15, 0.2) is 4.33 Å². The highest BCUT2D eigenvalue weighted by atomic mass is 35.5. The first-order valence-electron chi connectivity index (χ1n) is 12.3. The Kier molecular flexibility index (Phi) is 8.11. The highest BCUT2D eigenvalue weighted by molar-refractivity contribution is 6.51. The predicted octanol–water partition coefficient (Wildman–Crippen LogP) is 7.37. The lowest BCUT2D eigenvalue weighted by molar-refractivity contribution is 0.0803. The van der Waals surface area contributed by atoms with E-state index in [1.165, 1.54) is 50.5 Å². The number of halogens is 2. The van der Waals surface area contributed by atoms with Crippen LogP contribution in [0, 0.1) is 29.1 Å². The molecule has 176 valence electrons. The van der Waals surface area contributed by atoms with Crippen LogP contribution in [0.2, 0.25) is 0 Å². The molecule has 2 nitrogen and oxygen atoms in total. The fourth-order valence-electron chi connectivity index (χ4n) is 6.75. The Morgan fingerprint density at radius 1 is 1.13 bits per heavy atom. The van der Waals surface area contributed by atoms with Crippen molar-refractivity contribution in [3.63, 3.8) is 0 Å². The average molecular weight is 470 g/mol. The van der Waals surface area contributed by atoms with Gasteiger partial charge < -0.3 is 10.2 Å². The van der Waals surface area contributed by atoms with Gasteiger partial charge in [0.25, 0.3) is 0 Å². The van der Waals surface area contributed by atoms with E-state index in [-0.39, 0.29) is 6.42 Å². The molecule has 31 heavy (non-hydrogen) atoms. The first-order chi connectivity index (χ1) is 14.5. The van der Waals surface area contributed by atoms with E-state index in [4.69, 9.17) is 23.2 Å². The van der Waals surface area contributed by atoms with Crippen molar-refractivity contribution in [2.75, 3.05) is 0 Å². The minimum absolute atomic E-state index is 0.122. The predicted molar refractivity (Wildman–Crippen MR) is 132 cm³/mol. The molecule has 1 unspecified atom stereocenters. The monoisotopic (exact) mass is 468 g/mol. The number of allylic oxidation sites excluding steroid dienone is 3. The first kappa shape index (κ1) is 25.3. The van der Waals surface area contributed by atoms with E-state index in [2.05, 4.69) is 40.3 Å². The molecule has 3 aliphatic rings. The lowest BCUT2D eigenvalue weighted by atomic mass is 9.60. The van der Waals surface area contributed by atoms with Gasteiger partial charge in [-0.05, 0) is 72.3 Å². The molecule has 0 aromatic heterocycles. The first-order valence-corrected chi connectivity index (χ1v) is 13.1. The van der Waals surface area contributed by atoms with E-state index in [1.54, 1.807) is 0 Å². The van der Waals surface area contributed by atoms with E-state index < -0.39 is 16.5 Å². The van der Waals surface area contributed by atoms with Crippen molar-refractivity contribution in [2.24, 2.45) is 29.1 Å². The van der Waals surface area contributed by atoms with Crippen LogP contribution in [0.3, 0.4) is 0 Å². The van der Waals surface area contributed by atoms with Crippen molar-refractivity contribution in [1.82, 2.24) is 0 Å². The van der Waals surface area contributed by atoms with Crippen LogP contribution in [0.1, 0.15) is 85.5 Å². The Labute approximate surface area is 199 Å². The fraction of sp³-hybridized carbons (Fsp3) is 0.778. The number of alkyl halides is 2. The maximum absolute atomic E-state index is 10.3. The number of fused-ring (bicyclic) bond motifs is 1. The van der Waals surface area contributed by atoms with Crippen LogP contribution in [-0.4, -0.2) is 26.8 Å².